The van der Waals surface area contributed by atoms with Gasteiger partial charge in [0, 0.05) is 36.3 Å². The molecule has 0 saturated heterocycles. The lowest BCUT2D eigenvalue weighted by molar-refractivity contribution is 0.471. The Balaban J connectivity index is 0.00000312. The number of aromatic nitrogens is 1. The molecular weight excluding hydrogens is 487 g/mol. The lowest BCUT2D eigenvalue weighted by atomic mass is 10.1. The minimum Gasteiger partial charge on any atom is -0.355 e. The van der Waals surface area contributed by atoms with Gasteiger partial charge in [-0.05, 0) is 30.9 Å². The zero-order chi connectivity index (χ0) is 17.5. The molecule has 0 bridgehead atoms. The standard InChI is InChI=1S/C17H23ClN4S2.HI/c1-12-21-15(11-24-12)10-22(3)17(19-2)20-9-16(23-4)13-6-5-7-14(18)8-13;/h5-8,11,16H,9-10H2,1-4H3,(H,19,20);1H. The van der Waals surface area contributed by atoms with Crippen molar-refractivity contribution in [1.29, 1.82) is 0 Å². The highest BCUT2D eigenvalue weighted by Gasteiger charge is 2.14. The number of thioether (sulfide) groups is 1. The summed E-state index contributed by atoms with van der Waals surface area (Å²) >= 11 is 9.58. The fourth-order valence-electron chi connectivity index (χ4n) is 2.41. The maximum absolute atomic E-state index is 6.11. The number of benzene rings is 1. The molecule has 0 aliphatic carbocycles. The predicted octanol–water partition coefficient (Wildman–Crippen LogP) is 4.83. The van der Waals surface area contributed by atoms with Crippen molar-refractivity contribution in [3.8, 4) is 0 Å². The van der Waals surface area contributed by atoms with Gasteiger partial charge in [-0.25, -0.2) is 4.98 Å². The first-order valence-electron chi connectivity index (χ1n) is 7.64. The van der Waals surface area contributed by atoms with Crippen LogP contribution in [0.25, 0.3) is 0 Å². The Labute approximate surface area is 180 Å². The summed E-state index contributed by atoms with van der Waals surface area (Å²) in [6.45, 7) is 3.55. The third-order valence-corrected chi connectivity index (χ3v) is 5.65. The number of hydrogen-bond donors (Lipinski definition) is 1. The second-order valence-corrected chi connectivity index (χ2v) is 7.96. The van der Waals surface area contributed by atoms with Gasteiger partial charge >= 0.3 is 0 Å². The largest absolute Gasteiger partial charge is 0.355 e. The van der Waals surface area contributed by atoms with Crippen LogP contribution in [0.2, 0.25) is 5.02 Å². The molecule has 25 heavy (non-hydrogen) atoms. The molecule has 0 amide bonds. The molecule has 0 radical (unpaired) electrons. The van der Waals surface area contributed by atoms with E-state index in [-0.39, 0.29) is 24.0 Å². The number of nitrogens with zero attached hydrogens (tertiary/aromatic N) is 3. The van der Waals surface area contributed by atoms with Gasteiger partial charge in [0.05, 0.1) is 17.2 Å². The van der Waals surface area contributed by atoms with Gasteiger partial charge in [-0.3, -0.25) is 4.99 Å². The molecule has 1 aromatic carbocycles. The van der Waals surface area contributed by atoms with E-state index in [0.29, 0.717) is 5.25 Å². The van der Waals surface area contributed by atoms with Gasteiger partial charge in [-0.2, -0.15) is 11.8 Å². The van der Waals surface area contributed by atoms with Crippen LogP contribution < -0.4 is 5.32 Å². The van der Waals surface area contributed by atoms with E-state index in [1.807, 2.05) is 32.2 Å². The Morgan fingerprint density at radius 1 is 1.48 bits per heavy atom. The van der Waals surface area contributed by atoms with Crippen LogP contribution in [0.15, 0.2) is 34.6 Å². The summed E-state index contributed by atoms with van der Waals surface area (Å²) in [7, 11) is 3.83. The molecule has 8 heteroatoms. The molecular formula is C17H24ClIN4S2. The first kappa shape index (κ1) is 22.5. The van der Waals surface area contributed by atoms with Crippen LogP contribution in [-0.4, -0.2) is 42.7 Å². The molecule has 138 valence electrons. The van der Waals surface area contributed by atoms with Crippen LogP contribution in [0.5, 0.6) is 0 Å². The predicted molar refractivity (Wildman–Crippen MR) is 123 cm³/mol. The Bertz CT molecular complexity index is 693. The average molecular weight is 511 g/mol. The highest BCUT2D eigenvalue weighted by molar-refractivity contribution is 14.0. The Morgan fingerprint density at radius 3 is 2.80 bits per heavy atom. The van der Waals surface area contributed by atoms with Crippen LogP contribution >= 0.6 is 58.7 Å². The van der Waals surface area contributed by atoms with Crippen molar-refractivity contribution in [3.05, 3.63) is 50.9 Å². The summed E-state index contributed by atoms with van der Waals surface area (Å²) in [6.07, 6.45) is 2.11. The van der Waals surface area contributed by atoms with Crippen LogP contribution in [-0.2, 0) is 6.54 Å². The van der Waals surface area contributed by atoms with Crippen LogP contribution in [0.1, 0.15) is 21.5 Å². The summed E-state index contributed by atoms with van der Waals surface area (Å²) in [4.78, 5) is 11.0. The quantitative estimate of drug-likeness (QED) is 0.343. The van der Waals surface area contributed by atoms with Crippen molar-refractivity contribution in [1.82, 2.24) is 15.2 Å². The first-order chi connectivity index (χ1) is 11.5. The Morgan fingerprint density at radius 2 is 2.24 bits per heavy atom. The molecule has 1 atom stereocenters. The molecule has 1 N–H and O–H groups in total. The Kier molecular flexibility index (Phi) is 10.1. The van der Waals surface area contributed by atoms with Crippen molar-refractivity contribution in [2.75, 3.05) is 26.9 Å². The normalized spacial score (nSPS) is 12.4. The second kappa shape index (κ2) is 11.3. The van der Waals surface area contributed by atoms with Gasteiger partial charge in [-0.15, -0.1) is 35.3 Å². The van der Waals surface area contributed by atoms with Crippen molar-refractivity contribution in [3.63, 3.8) is 0 Å². The average Bonchev–Trinajstić information content (AvgIpc) is 2.96. The summed E-state index contributed by atoms with van der Waals surface area (Å²) in [5, 5.41) is 7.72. The number of aliphatic imine (C=N–C) groups is 1. The van der Waals surface area contributed by atoms with Crippen molar-refractivity contribution >= 4 is 64.6 Å². The molecule has 0 saturated carbocycles. The smallest absolute Gasteiger partial charge is 0.193 e. The number of halogens is 2. The molecule has 2 rings (SSSR count). The molecule has 1 unspecified atom stereocenters. The van der Waals surface area contributed by atoms with Crippen LogP contribution in [0.3, 0.4) is 0 Å². The fraction of sp³-hybridized carbons (Fsp3) is 0.412. The van der Waals surface area contributed by atoms with Gasteiger partial charge in [-0.1, -0.05) is 23.7 Å². The van der Waals surface area contributed by atoms with Crippen LogP contribution in [0, 0.1) is 6.92 Å². The van der Waals surface area contributed by atoms with E-state index in [0.717, 1.165) is 34.8 Å². The highest BCUT2D eigenvalue weighted by Crippen LogP contribution is 2.27. The summed E-state index contributed by atoms with van der Waals surface area (Å²) in [5.74, 6) is 0.863. The van der Waals surface area contributed by atoms with Crippen molar-refractivity contribution in [2.24, 2.45) is 4.99 Å². The van der Waals surface area contributed by atoms with E-state index in [2.05, 4.69) is 37.9 Å². The molecule has 1 aromatic heterocycles. The lowest BCUT2D eigenvalue weighted by Crippen LogP contribution is -2.40. The van der Waals surface area contributed by atoms with Gasteiger partial charge < -0.3 is 10.2 Å². The number of thiazole rings is 1. The van der Waals surface area contributed by atoms with E-state index < -0.39 is 0 Å². The highest BCUT2D eigenvalue weighted by atomic mass is 127. The topological polar surface area (TPSA) is 40.5 Å². The Hall–Kier alpha value is -0.510. The summed E-state index contributed by atoms with van der Waals surface area (Å²) in [6, 6.07) is 8.03. The summed E-state index contributed by atoms with van der Waals surface area (Å²) in [5.41, 5.74) is 2.29. The van der Waals surface area contributed by atoms with E-state index in [1.165, 1.54) is 5.56 Å². The second-order valence-electron chi connectivity index (χ2n) is 5.42. The summed E-state index contributed by atoms with van der Waals surface area (Å²) < 4.78 is 0. The van der Waals surface area contributed by atoms with Gasteiger partial charge in [0.15, 0.2) is 5.96 Å². The molecule has 0 aliphatic heterocycles. The van der Waals surface area contributed by atoms with E-state index in [1.54, 1.807) is 30.1 Å². The fourth-order valence-corrected chi connectivity index (χ4v) is 3.88. The molecule has 0 spiro atoms. The van der Waals surface area contributed by atoms with Crippen molar-refractivity contribution < 1.29 is 0 Å². The van der Waals surface area contributed by atoms with Gasteiger partial charge in [0.2, 0.25) is 0 Å². The molecule has 4 nitrogen and oxygen atoms in total. The monoisotopic (exact) mass is 510 g/mol. The van der Waals surface area contributed by atoms with E-state index in [4.69, 9.17) is 11.6 Å². The van der Waals surface area contributed by atoms with Gasteiger partial charge in [0.1, 0.15) is 0 Å². The number of nitrogens with one attached hydrogen (secondary N) is 1. The number of aryl methyl sites for hydroxylation is 1. The van der Waals surface area contributed by atoms with Gasteiger partial charge in [0.25, 0.3) is 0 Å². The molecule has 0 fully saturated rings. The third kappa shape index (κ3) is 6.96. The maximum Gasteiger partial charge on any atom is 0.193 e. The molecule has 2 aromatic rings. The first-order valence-corrected chi connectivity index (χ1v) is 10.2. The van der Waals surface area contributed by atoms with E-state index in [9.17, 15) is 0 Å². The third-order valence-electron chi connectivity index (χ3n) is 3.59. The number of rotatable bonds is 6. The van der Waals surface area contributed by atoms with E-state index >= 15 is 0 Å². The van der Waals surface area contributed by atoms with Crippen molar-refractivity contribution in [2.45, 2.75) is 18.7 Å². The minimum absolute atomic E-state index is 0. The zero-order valence-corrected chi connectivity index (χ0v) is 19.5. The molecule has 0 aliphatic rings. The van der Waals surface area contributed by atoms with Crippen LogP contribution in [0.4, 0.5) is 0 Å². The molecule has 1 heterocycles. The maximum atomic E-state index is 6.11. The minimum atomic E-state index is 0. The zero-order valence-electron chi connectivity index (χ0n) is 14.8. The number of guanidine groups is 1. The number of hydrogen-bond acceptors (Lipinski definition) is 4. The SMILES string of the molecule is CN=C(NCC(SC)c1cccc(Cl)c1)N(C)Cc1csc(C)n1.I. The lowest BCUT2D eigenvalue weighted by Gasteiger charge is -2.24.